The van der Waals surface area contributed by atoms with Gasteiger partial charge in [0.05, 0.1) is 6.61 Å². The van der Waals surface area contributed by atoms with Crippen LogP contribution in [0.3, 0.4) is 0 Å². The second kappa shape index (κ2) is 4.03. The van der Waals surface area contributed by atoms with Gasteiger partial charge in [-0.2, -0.15) is 11.8 Å². The molecule has 2 heterocycles. The molecule has 0 aromatic rings. The lowest BCUT2D eigenvalue weighted by Gasteiger charge is -2.45. The molecular formula is C11H21NOS. The van der Waals surface area contributed by atoms with Crippen molar-refractivity contribution >= 4 is 11.8 Å². The molecule has 2 aliphatic rings. The molecule has 0 bridgehead atoms. The van der Waals surface area contributed by atoms with Gasteiger partial charge in [-0.1, -0.05) is 13.8 Å². The third-order valence-corrected chi connectivity index (χ3v) is 5.09. The molecular weight excluding hydrogens is 194 g/mol. The second-order valence-corrected chi connectivity index (χ2v) is 5.75. The van der Waals surface area contributed by atoms with Crippen LogP contribution >= 0.6 is 11.8 Å². The van der Waals surface area contributed by atoms with Crippen LogP contribution in [0.2, 0.25) is 0 Å². The molecule has 14 heavy (non-hydrogen) atoms. The summed E-state index contributed by atoms with van der Waals surface area (Å²) < 4.78 is 6.09. The Labute approximate surface area is 91.2 Å². The van der Waals surface area contributed by atoms with E-state index in [0.717, 1.165) is 18.9 Å². The molecule has 0 amide bonds. The van der Waals surface area contributed by atoms with E-state index in [0.29, 0.717) is 5.41 Å². The van der Waals surface area contributed by atoms with E-state index in [2.05, 4.69) is 19.2 Å². The Morgan fingerprint density at radius 2 is 2.14 bits per heavy atom. The molecule has 2 rings (SSSR count). The molecule has 3 heteroatoms. The summed E-state index contributed by atoms with van der Waals surface area (Å²) >= 11 is 2.01. The van der Waals surface area contributed by atoms with Crippen molar-refractivity contribution in [2.75, 3.05) is 24.7 Å². The summed E-state index contributed by atoms with van der Waals surface area (Å²) in [4.78, 5) is 0. The third-order valence-electron chi connectivity index (χ3n) is 3.93. The molecule has 0 aliphatic carbocycles. The largest absolute Gasteiger partial charge is 0.359 e. The van der Waals surface area contributed by atoms with Crippen molar-refractivity contribution in [1.82, 2.24) is 5.32 Å². The Balaban J connectivity index is 1.96. The minimum Gasteiger partial charge on any atom is -0.359 e. The molecule has 2 fully saturated rings. The summed E-state index contributed by atoms with van der Waals surface area (Å²) in [5, 5.41) is 3.64. The Morgan fingerprint density at radius 3 is 2.57 bits per heavy atom. The number of thioether (sulfide) groups is 1. The minimum atomic E-state index is 0.0402. The van der Waals surface area contributed by atoms with Crippen LogP contribution < -0.4 is 5.32 Å². The zero-order valence-corrected chi connectivity index (χ0v) is 10.1. The summed E-state index contributed by atoms with van der Waals surface area (Å²) in [6, 6.07) is 0. The van der Waals surface area contributed by atoms with Crippen LogP contribution in [0.4, 0.5) is 0 Å². The van der Waals surface area contributed by atoms with Gasteiger partial charge in [0.25, 0.3) is 0 Å². The van der Waals surface area contributed by atoms with E-state index in [1.165, 1.54) is 25.0 Å². The Morgan fingerprint density at radius 1 is 1.36 bits per heavy atom. The summed E-state index contributed by atoms with van der Waals surface area (Å²) in [5.41, 5.74) is 0.441. The van der Waals surface area contributed by atoms with Crippen molar-refractivity contribution < 1.29 is 4.74 Å². The summed E-state index contributed by atoms with van der Waals surface area (Å²) in [6.45, 7) is 6.64. The average molecular weight is 215 g/mol. The topological polar surface area (TPSA) is 21.3 Å². The fourth-order valence-corrected chi connectivity index (χ4v) is 3.52. The average Bonchev–Trinajstić information content (AvgIpc) is 2.69. The van der Waals surface area contributed by atoms with E-state index in [-0.39, 0.29) is 5.72 Å². The first kappa shape index (κ1) is 10.8. The molecule has 1 atom stereocenters. The van der Waals surface area contributed by atoms with Gasteiger partial charge in [0.1, 0.15) is 5.72 Å². The Bertz CT molecular complexity index is 179. The smallest absolute Gasteiger partial charge is 0.129 e. The van der Waals surface area contributed by atoms with Crippen LogP contribution in [-0.4, -0.2) is 30.4 Å². The van der Waals surface area contributed by atoms with Gasteiger partial charge in [0.15, 0.2) is 0 Å². The first-order valence-electron chi connectivity index (χ1n) is 5.71. The first-order valence-corrected chi connectivity index (χ1v) is 6.86. The van der Waals surface area contributed by atoms with Crippen LogP contribution in [0.15, 0.2) is 0 Å². The monoisotopic (exact) mass is 215 g/mol. The van der Waals surface area contributed by atoms with Crippen molar-refractivity contribution in [2.45, 2.75) is 38.8 Å². The van der Waals surface area contributed by atoms with Crippen LogP contribution in [0.1, 0.15) is 33.1 Å². The fourth-order valence-electron chi connectivity index (χ4n) is 2.25. The molecule has 0 aromatic carbocycles. The highest BCUT2D eigenvalue weighted by Gasteiger charge is 2.43. The zero-order valence-electron chi connectivity index (χ0n) is 9.27. The first-order chi connectivity index (χ1) is 6.74. The van der Waals surface area contributed by atoms with E-state index in [1.54, 1.807) is 0 Å². The number of rotatable bonds is 2. The van der Waals surface area contributed by atoms with Crippen LogP contribution in [0, 0.1) is 5.41 Å². The lowest BCUT2D eigenvalue weighted by molar-refractivity contribution is -0.132. The maximum absolute atomic E-state index is 6.09. The van der Waals surface area contributed by atoms with E-state index in [4.69, 9.17) is 4.74 Å². The number of nitrogens with one attached hydrogen (secondary N) is 1. The van der Waals surface area contributed by atoms with E-state index < -0.39 is 0 Å². The Hall–Kier alpha value is 0.270. The highest BCUT2D eigenvalue weighted by molar-refractivity contribution is 7.99. The molecule has 0 saturated carbocycles. The second-order valence-electron chi connectivity index (χ2n) is 4.65. The highest BCUT2D eigenvalue weighted by atomic mass is 32.2. The highest BCUT2D eigenvalue weighted by Crippen LogP contribution is 2.37. The van der Waals surface area contributed by atoms with Crippen molar-refractivity contribution in [3.05, 3.63) is 0 Å². The summed E-state index contributed by atoms with van der Waals surface area (Å²) in [7, 11) is 0. The Kier molecular flexibility index (Phi) is 3.10. The summed E-state index contributed by atoms with van der Waals surface area (Å²) in [5.74, 6) is 2.38. The number of ether oxygens (including phenoxy) is 1. The lowest BCUT2D eigenvalue weighted by atomic mass is 9.81. The van der Waals surface area contributed by atoms with Gasteiger partial charge in [-0.3, -0.25) is 5.32 Å². The maximum atomic E-state index is 6.09. The molecule has 82 valence electrons. The van der Waals surface area contributed by atoms with Crippen molar-refractivity contribution in [3.8, 4) is 0 Å². The molecule has 1 unspecified atom stereocenters. The third kappa shape index (κ3) is 1.82. The predicted molar refractivity (Wildman–Crippen MR) is 61.6 cm³/mol. The van der Waals surface area contributed by atoms with Gasteiger partial charge in [-0.25, -0.2) is 0 Å². The molecule has 2 nitrogen and oxygen atoms in total. The van der Waals surface area contributed by atoms with Gasteiger partial charge in [-0.15, -0.1) is 0 Å². The van der Waals surface area contributed by atoms with Crippen LogP contribution in [0.5, 0.6) is 0 Å². The molecule has 1 N–H and O–H groups in total. The normalized spacial score (nSPS) is 36.4. The lowest BCUT2D eigenvalue weighted by Crippen LogP contribution is -2.59. The molecule has 0 radical (unpaired) electrons. The van der Waals surface area contributed by atoms with Crippen molar-refractivity contribution in [3.63, 3.8) is 0 Å². The van der Waals surface area contributed by atoms with E-state index in [9.17, 15) is 0 Å². The molecule has 2 saturated heterocycles. The fraction of sp³-hybridized carbons (Fsp3) is 1.00. The number of hydrogen-bond donors (Lipinski definition) is 1. The van der Waals surface area contributed by atoms with Gasteiger partial charge in [-0.05, 0) is 25.0 Å². The van der Waals surface area contributed by atoms with Crippen LogP contribution in [-0.2, 0) is 4.74 Å². The van der Waals surface area contributed by atoms with Gasteiger partial charge in [0, 0.05) is 17.7 Å². The van der Waals surface area contributed by atoms with Gasteiger partial charge < -0.3 is 4.74 Å². The van der Waals surface area contributed by atoms with E-state index in [1.807, 2.05) is 11.8 Å². The maximum Gasteiger partial charge on any atom is 0.129 e. The van der Waals surface area contributed by atoms with Crippen molar-refractivity contribution in [1.29, 1.82) is 0 Å². The van der Waals surface area contributed by atoms with Gasteiger partial charge in [0.2, 0.25) is 0 Å². The number of hydrogen-bond acceptors (Lipinski definition) is 3. The quantitative estimate of drug-likeness (QED) is 0.763. The predicted octanol–water partition coefficient (Wildman–Crippen LogP) is 2.25. The standard InChI is InChI=1S/C11H21NOS/c1-3-10(4-2)7-12-11(13-8-10)5-6-14-9-11/h12H,3-9H2,1-2H3. The zero-order chi connectivity index (χ0) is 10.1. The summed E-state index contributed by atoms with van der Waals surface area (Å²) in [6.07, 6.45) is 3.63. The molecule has 1 spiro atoms. The minimum absolute atomic E-state index is 0.0402. The van der Waals surface area contributed by atoms with E-state index >= 15 is 0 Å². The van der Waals surface area contributed by atoms with Crippen molar-refractivity contribution in [2.24, 2.45) is 5.41 Å². The van der Waals surface area contributed by atoms with Crippen LogP contribution in [0.25, 0.3) is 0 Å². The molecule has 0 aromatic heterocycles. The SMILES string of the molecule is CCC1(CC)CNC2(CCSC2)OC1. The molecule has 2 aliphatic heterocycles. The van der Waals surface area contributed by atoms with Gasteiger partial charge >= 0.3 is 0 Å².